The highest BCUT2D eigenvalue weighted by molar-refractivity contribution is 5.76. The van der Waals surface area contributed by atoms with Gasteiger partial charge in [0.1, 0.15) is 0 Å². The zero-order valence-corrected chi connectivity index (χ0v) is 47.0. The van der Waals surface area contributed by atoms with E-state index in [4.69, 9.17) is 4.74 Å². The first-order valence-electron chi connectivity index (χ1n) is 31.3. The van der Waals surface area contributed by atoms with Gasteiger partial charge in [0.05, 0.1) is 25.4 Å². The average Bonchev–Trinajstić information content (AvgIpc) is 3.36. The third-order valence-electron chi connectivity index (χ3n) is 14.4. The van der Waals surface area contributed by atoms with Gasteiger partial charge < -0.3 is 20.3 Å². The molecular weight excluding hydrogens is 863 g/mol. The van der Waals surface area contributed by atoms with Gasteiger partial charge in [0.25, 0.3) is 0 Å². The van der Waals surface area contributed by atoms with E-state index in [0.717, 1.165) is 51.4 Å². The van der Waals surface area contributed by atoms with Crippen molar-refractivity contribution in [3.05, 3.63) is 36.5 Å². The Bertz CT molecular complexity index is 1130. The topological polar surface area (TPSA) is 95.9 Å². The maximum absolute atomic E-state index is 12.5. The smallest absolute Gasteiger partial charge is 0.305 e. The highest BCUT2D eigenvalue weighted by Gasteiger charge is 2.18. The molecule has 0 rings (SSSR count). The number of nitrogens with one attached hydrogen (secondary N) is 1. The SMILES string of the molecule is CCCCC/C=C\CCCCCCCC(=O)OCCCCCCCCCCCCCC/C=C\CCCCCCCCCC(=O)NC(CO)C(O)/C=C/CCCCCCCCCCCCCCCCCC. The van der Waals surface area contributed by atoms with Crippen LogP contribution in [0.3, 0.4) is 0 Å². The van der Waals surface area contributed by atoms with Gasteiger partial charge in [0.2, 0.25) is 5.91 Å². The standard InChI is InChI=1S/C64H121NO5/c1-3-5-7-9-11-13-15-17-18-19-27-30-33-36-40-44-48-52-56-62(67)61(60-66)65-63(68)57-53-49-45-41-37-34-31-28-25-23-21-20-22-24-26-29-32-35-39-43-47-51-55-59-70-64(69)58-54-50-46-42-38-16-14-12-10-8-6-4-2/h12,14,23,25,52,56,61-62,66-67H,3-11,13,15-22,24,26-51,53-55,57-60H2,1-2H3,(H,65,68)/b14-12-,25-23-,56-52+. The minimum atomic E-state index is -0.849. The van der Waals surface area contributed by atoms with E-state index in [-0.39, 0.29) is 18.5 Å². The Morgan fingerprint density at radius 1 is 0.386 bits per heavy atom. The van der Waals surface area contributed by atoms with Crippen molar-refractivity contribution >= 4 is 11.9 Å². The monoisotopic (exact) mass is 984 g/mol. The van der Waals surface area contributed by atoms with Crippen molar-refractivity contribution < 1.29 is 24.5 Å². The molecule has 2 atom stereocenters. The molecule has 0 spiro atoms. The van der Waals surface area contributed by atoms with Crippen LogP contribution < -0.4 is 5.32 Å². The molecule has 0 aromatic rings. The van der Waals surface area contributed by atoms with Crippen LogP contribution in [0.5, 0.6) is 0 Å². The molecular formula is C64H121NO5. The molecule has 0 aromatic carbocycles. The van der Waals surface area contributed by atoms with Crippen molar-refractivity contribution in [3.8, 4) is 0 Å². The lowest BCUT2D eigenvalue weighted by atomic mass is 10.0. The van der Waals surface area contributed by atoms with Crippen molar-refractivity contribution in [2.24, 2.45) is 0 Å². The van der Waals surface area contributed by atoms with Gasteiger partial charge in [-0.3, -0.25) is 9.59 Å². The molecule has 1 amide bonds. The zero-order chi connectivity index (χ0) is 50.7. The van der Waals surface area contributed by atoms with Crippen LogP contribution in [0.15, 0.2) is 36.5 Å². The number of ether oxygens (including phenoxy) is 1. The summed E-state index contributed by atoms with van der Waals surface area (Å²) in [6, 6.07) is -0.633. The summed E-state index contributed by atoms with van der Waals surface area (Å²) in [7, 11) is 0. The number of hydrogen-bond donors (Lipinski definition) is 3. The number of allylic oxidation sites excluding steroid dienone is 5. The van der Waals surface area contributed by atoms with Crippen LogP contribution in [-0.4, -0.2) is 47.4 Å². The molecule has 0 aromatic heterocycles. The van der Waals surface area contributed by atoms with Crippen LogP contribution in [0.2, 0.25) is 0 Å². The highest BCUT2D eigenvalue weighted by atomic mass is 16.5. The van der Waals surface area contributed by atoms with Gasteiger partial charge in [-0.1, -0.05) is 275 Å². The number of esters is 1. The largest absolute Gasteiger partial charge is 0.466 e. The summed E-state index contributed by atoms with van der Waals surface area (Å²) < 4.78 is 5.46. The van der Waals surface area contributed by atoms with Gasteiger partial charge >= 0.3 is 5.97 Å². The fourth-order valence-electron chi connectivity index (χ4n) is 9.57. The number of aliphatic hydroxyl groups is 2. The lowest BCUT2D eigenvalue weighted by molar-refractivity contribution is -0.143. The molecule has 2 unspecified atom stereocenters. The second kappa shape index (κ2) is 59.6. The van der Waals surface area contributed by atoms with E-state index in [1.807, 2.05) is 6.08 Å². The second-order valence-corrected chi connectivity index (χ2v) is 21.4. The van der Waals surface area contributed by atoms with Crippen molar-refractivity contribution in [3.63, 3.8) is 0 Å². The van der Waals surface area contributed by atoms with E-state index in [9.17, 15) is 19.8 Å². The lowest BCUT2D eigenvalue weighted by Crippen LogP contribution is -2.45. The summed E-state index contributed by atoms with van der Waals surface area (Å²) in [5, 5.41) is 23.2. The fourth-order valence-corrected chi connectivity index (χ4v) is 9.57. The molecule has 0 aliphatic rings. The quantitative estimate of drug-likeness (QED) is 0.0321. The first-order valence-corrected chi connectivity index (χ1v) is 31.3. The number of aliphatic hydroxyl groups excluding tert-OH is 2. The highest BCUT2D eigenvalue weighted by Crippen LogP contribution is 2.17. The van der Waals surface area contributed by atoms with Gasteiger partial charge in [0, 0.05) is 12.8 Å². The lowest BCUT2D eigenvalue weighted by Gasteiger charge is -2.20. The van der Waals surface area contributed by atoms with Crippen molar-refractivity contribution in [1.82, 2.24) is 5.32 Å². The summed E-state index contributed by atoms with van der Waals surface area (Å²) in [4.78, 5) is 24.5. The first kappa shape index (κ1) is 68.1. The van der Waals surface area contributed by atoms with Crippen LogP contribution in [-0.2, 0) is 14.3 Å². The predicted molar refractivity (Wildman–Crippen MR) is 306 cm³/mol. The fraction of sp³-hybridized carbons (Fsp3) is 0.875. The van der Waals surface area contributed by atoms with Crippen LogP contribution in [0.1, 0.15) is 335 Å². The van der Waals surface area contributed by atoms with Crippen LogP contribution in [0.25, 0.3) is 0 Å². The number of carbonyl (C=O) groups is 2. The number of hydrogen-bond acceptors (Lipinski definition) is 5. The summed E-state index contributed by atoms with van der Waals surface area (Å²) in [5.41, 5.74) is 0. The maximum atomic E-state index is 12.5. The molecule has 0 fully saturated rings. The maximum Gasteiger partial charge on any atom is 0.305 e. The second-order valence-electron chi connectivity index (χ2n) is 21.4. The van der Waals surface area contributed by atoms with Crippen LogP contribution >= 0.6 is 0 Å². The molecule has 0 heterocycles. The summed E-state index contributed by atoms with van der Waals surface area (Å²) in [6.45, 7) is 4.89. The van der Waals surface area contributed by atoms with Gasteiger partial charge in [-0.25, -0.2) is 0 Å². The van der Waals surface area contributed by atoms with E-state index in [2.05, 4.69) is 43.5 Å². The Labute approximate surface area is 436 Å². The Hall–Kier alpha value is -1.92. The number of unbranched alkanes of at least 4 members (excludes halogenated alkanes) is 43. The normalized spacial score (nSPS) is 12.8. The van der Waals surface area contributed by atoms with Crippen molar-refractivity contribution in [2.45, 2.75) is 347 Å². The Balaban J connectivity index is 3.45. The minimum absolute atomic E-state index is 0.000843. The average molecular weight is 985 g/mol. The number of carbonyl (C=O) groups excluding carboxylic acids is 2. The predicted octanol–water partition coefficient (Wildman–Crippen LogP) is 19.6. The first-order chi connectivity index (χ1) is 34.5. The van der Waals surface area contributed by atoms with E-state index >= 15 is 0 Å². The molecule has 0 radical (unpaired) electrons. The Kier molecular flexibility index (Phi) is 58.0. The molecule has 0 saturated heterocycles. The van der Waals surface area contributed by atoms with Gasteiger partial charge in [-0.15, -0.1) is 0 Å². The Morgan fingerprint density at radius 2 is 0.671 bits per heavy atom. The molecule has 0 aliphatic carbocycles. The van der Waals surface area contributed by atoms with E-state index in [1.54, 1.807) is 6.08 Å². The van der Waals surface area contributed by atoms with E-state index in [0.29, 0.717) is 19.4 Å². The van der Waals surface area contributed by atoms with Gasteiger partial charge in [-0.2, -0.15) is 0 Å². The molecule has 0 saturated carbocycles. The number of rotatable bonds is 58. The third-order valence-corrected chi connectivity index (χ3v) is 14.4. The van der Waals surface area contributed by atoms with Gasteiger partial charge in [-0.05, 0) is 83.5 Å². The summed E-state index contributed by atoms with van der Waals surface area (Å²) in [5.74, 6) is -0.0716. The Morgan fingerprint density at radius 3 is 1.04 bits per heavy atom. The molecule has 70 heavy (non-hydrogen) atoms. The molecule has 412 valence electrons. The van der Waals surface area contributed by atoms with Crippen molar-refractivity contribution in [1.29, 1.82) is 0 Å². The molecule has 0 aliphatic heterocycles. The van der Waals surface area contributed by atoms with Crippen LogP contribution in [0.4, 0.5) is 0 Å². The molecule has 0 bridgehead atoms. The summed E-state index contributed by atoms with van der Waals surface area (Å²) >= 11 is 0. The van der Waals surface area contributed by atoms with Gasteiger partial charge in [0.15, 0.2) is 0 Å². The van der Waals surface area contributed by atoms with Crippen molar-refractivity contribution in [2.75, 3.05) is 13.2 Å². The number of amides is 1. The van der Waals surface area contributed by atoms with Crippen LogP contribution in [0, 0.1) is 0 Å². The molecule has 3 N–H and O–H groups in total. The minimum Gasteiger partial charge on any atom is -0.466 e. The molecule has 6 nitrogen and oxygen atoms in total. The zero-order valence-electron chi connectivity index (χ0n) is 47.0. The van der Waals surface area contributed by atoms with E-state index in [1.165, 1.54) is 257 Å². The summed E-state index contributed by atoms with van der Waals surface area (Å²) in [6.07, 6.45) is 74.7. The van der Waals surface area contributed by atoms with E-state index < -0.39 is 12.1 Å². The molecule has 6 heteroatoms. The third kappa shape index (κ3) is 55.4.